The average Bonchev–Trinajstić information content (AvgIpc) is 2.78. The Hall–Kier alpha value is -2.57. The van der Waals surface area contributed by atoms with Crippen LogP contribution in [0.25, 0.3) is 0 Å². The van der Waals surface area contributed by atoms with Crippen LogP contribution in [0, 0.1) is 0 Å². The van der Waals surface area contributed by atoms with Crippen LogP contribution in [0.1, 0.15) is 28.4 Å². The second-order valence-corrected chi connectivity index (χ2v) is 7.66. The number of quaternary nitrogens is 1. The molecule has 2 atom stereocenters. The van der Waals surface area contributed by atoms with E-state index in [2.05, 4.69) is 0 Å². The molecule has 5 nitrogen and oxygen atoms in total. The van der Waals surface area contributed by atoms with Crippen LogP contribution in [-0.4, -0.2) is 29.9 Å². The molecule has 0 fully saturated rings. The number of halogens is 1. The first-order valence-corrected chi connectivity index (χ1v) is 10.4. The van der Waals surface area contributed by atoms with E-state index < -0.39 is 6.10 Å². The molecular formula is C25H28ClNO4. The Morgan fingerprint density at radius 3 is 2.10 bits per heavy atom. The van der Waals surface area contributed by atoms with Gasteiger partial charge in [-0.05, 0) is 17.2 Å². The van der Waals surface area contributed by atoms with Crippen LogP contribution in [0.3, 0.4) is 0 Å². The van der Waals surface area contributed by atoms with Gasteiger partial charge in [0.1, 0.15) is 50.5 Å². The highest BCUT2D eigenvalue weighted by Gasteiger charge is 2.30. The molecule has 0 aliphatic carbocycles. The SMILES string of the molecule is OCC[NH+]1Cc2c(OCc3ccccc3)cc(OCc3ccccc3)cc2C(O)C1.[Cl-]. The fourth-order valence-corrected chi connectivity index (χ4v) is 3.87. The Labute approximate surface area is 189 Å². The molecule has 4 rings (SSSR count). The molecule has 6 heteroatoms. The van der Waals surface area contributed by atoms with Crippen LogP contribution < -0.4 is 26.8 Å². The van der Waals surface area contributed by atoms with Gasteiger partial charge in [-0.25, -0.2) is 0 Å². The normalized spacial score (nSPS) is 17.4. The van der Waals surface area contributed by atoms with Crippen LogP contribution >= 0.6 is 0 Å². The summed E-state index contributed by atoms with van der Waals surface area (Å²) < 4.78 is 12.2. The van der Waals surface area contributed by atoms with Crippen molar-refractivity contribution in [3.8, 4) is 11.5 Å². The summed E-state index contributed by atoms with van der Waals surface area (Å²) in [6.07, 6.45) is -0.616. The molecule has 0 saturated heterocycles. The summed E-state index contributed by atoms with van der Waals surface area (Å²) in [5.41, 5.74) is 4.00. The Morgan fingerprint density at radius 2 is 1.48 bits per heavy atom. The third-order valence-electron chi connectivity index (χ3n) is 5.44. The zero-order valence-corrected chi connectivity index (χ0v) is 18.1. The number of aliphatic hydroxyl groups excluding tert-OH is 2. The summed E-state index contributed by atoms with van der Waals surface area (Å²) >= 11 is 0. The van der Waals surface area contributed by atoms with Crippen molar-refractivity contribution in [1.82, 2.24) is 0 Å². The van der Waals surface area contributed by atoms with Crippen molar-refractivity contribution >= 4 is 0 Å². The first-order chi connectivity index (χ1) is 14.7. The summed E-state index contributed by atoms with van der Waals surface area (Å²) in [7, 11) is 0. The van der Waals surface area contributed by atoms with Crippen LogP contribution in [0.15, 0.2) is 72.8 Å². The van der Waals surface area contributed by atoms with Gasteiger partial charge in [0.2, 0.25) is 0 Å². The Kier molecular flexibility index (Phi) is 8.32. The molecule has 1 aliphatic rings. The molecular weight excluding hydrogens is 414 g/mol. The van der Waals surface area contributed by atoms with E-state index >= 15 is 0 Å². The van der Waals surface area contributed by atoms with Crippen LogP contribution in [0.2, 0.25) is 0 Å². The van der Waals surface area contributed by atoms with E-state index in [-0.39, 0.29) is 19.0 Å². The van der Waals surface area contributed by atoms with Crippen LogP contribution in [0.5, 0.6) is 11.5 Å². The molecule has 3 N–H and O–H groups in total. The Bertz CT molecular complexity index is 952. The molecule has 3 aromatic rings. The van der Waals surface area contributed by atoms with Gasteiger partial charge in [0.15, 0.2) is 0 Å². The lowest BCUT2D eigenvalue weighted by Crippen LogP contribution is -3.12. The summed E-state index contributed by atoms with van der Waals surface area (Å²) in [5, 5.41) is 20.1. The molecule has 31 heavy (non-hydrogen) atoms. The fourth-order valence-electron chi connectivity index (χ4n) is 3.87. The Morgan fingerprint density at radius 1 is 0.871 bits per heavy atom. The number of hydrogen-bond donors (Lipinski definition) is 3. The van der Waals surface area contributed by atoms with E-state index in [1.54, 1.807) is 0 Å². The van der Waals surface area contributed by atoms with Crippen LogP contribution in [0.4, 0.5) is 0 Å². The Balaban J connectivity index is 0.00000272. The minimum atomic E-state index is -0.616. The average molecular weight is 442 g/mol. The molecule has 1 heterocycles. The highest BCUT2D eigenvalue weighted by molar-refractivity contribution is 5.48. The molecule has 0 spiro atoms. The van der Waals surface area contributed by atoms with Gasteiger partial charge in [-0.3, -0.25) is 0 Å². The molecule has 0 radical (unpaired) electrons. The lowest BCUT2D eigenvalue weighted by atomic mass is 9.96. The van der Waals surface area contributed by atoms with Crippen molar-refractivity contribution in [1.29, 1.82) is 0 Å². The van der Waals surface area contributed by atoms with Gasteiger partial charge in [-0.1, -0.05) is 60.7 Å². The largest absolute Gasteiger partial charge is 1.00 e. The maximum atomic E-state index is 10.8. The smallest absolute Gasteiger partial charge is 0.132 e. The highest BCUT2D eigenvalue weighted by Crippen LogP contribution is 2.34. The number of nitrogens with one attached hydrogen (secondary N) is 1. The summed E-state index contributed by atoms with van der Waals surface area (Å²) in [4.78, 5) is 1.14. The van der Waals surface area contributed by atoms with Crippen molar-refractivity contribution in [2.24, 2.45) is 0 Å². The molecule has 1 aliphatic heterocycles. The van der Waals surface area contributed by atoms with Crippen molar-refractivity contribution < 1.29 is 37.0 Å². The number of fused-ring (bicyclic) bond motifs is 1. The van der Waals surface area contributed by atoms with Gasteiger partial charge in [-0.2, -0.15) is 0 Å². The maximum Gasteiger partial charge on any atom is 0.132 e. The van der Waals surface area contributed by atoms with E-state index in [1.807, 2.05) is 72.8 Å². The third-order valence-corrected chi connectivity index (χ3v) is 5.44. The quantitative estimate of drug-likeness (QED) is 0.431. The van der Waals surface area contributed by atoms with Gasteiger partial charge in [0.05, 0.1) is 12.2 Å². The molecule has 0 aromatic heterocycles. The van der Waals surface area contributed by atoms with Gasteiger partial charge >= 0.3 is 0 Å². The number of hydrogen-bond acceptors (Lipinski definition) is 4. The van der Waals surface area contributed by atoms with Crippen molar-refractivity contribution in [3.63, 3.8) is 0 Å². The van der Waals surface area contributed by atoms with Crippen molar-refractivity contribution in [3.05, 3.63) is 95.1 Å². The summed E-state index contributed by atoms with van der Waals surface area (Å²) in [6.45, 7) is 2.86. The highest BCUT2D eigenvalue weighted by atomic mass is 35.5. The predicted molar refractivity (Wildman–Crippen MR) is 114 cm³/mol. The predicted octanol–water partition coefficient (Wildman–Crippen LogP) is -0.727. The van der Waals surface area contributed by atoms with E-state index in [1.165, 1.54) is 0 Å². The molecule has 164 valence electrons. The summed E-state index contributed by atoms with van der Waals surface area (Å²) in [6, 6.07) is 23.9. The minimum Gasteiger partial charge on any atom is -1.00 e. The maximum absolute atomic E-state index is 10.8. The monoisotopic (exact) mass is 441 g/mol. The number of ether oxygens (including phenoxy) is 2. The zero-order chi connectivity index (χ0) is 20.8. The molecule has 0 bridgehead atoms. The van der Waals surface area contributed by atoms with E-state index in [9.17, 15) is 10.2 Å². The lowest BCUT2D eigenvalue weighted by molar-refractivity contribution is -0.920. The second kappa shape index (κ2) is 11.2. The first kappa shape index (κ1) is 23.1. The van der Waals surface area contributed by atoms with Crippen molar-refractivity contribution in [2.45, 2.75) is 25.9 Å². The lowest BCUT2D eigenvalue weighted by Gasteiger charge is -2.30. The van der Waals surface area contributed by atoms with Crippen LogP contribution in [-0.2, 0) is 19.8 Å². The summed E-state index contributed by atoms with van der Waals surface area (Å²) in [5.74, 6) is 1.42. The van der Waals surface area contributed by atoms with E-state index in [4.69, 9.17) is 9.47 Å². The van der Waals surface area contributed by atoms with E-state index in [0.29, 0.717) is 38.6 Å². The van der Waals surface area contributed by atoms with Gasteiger partial charge < -0.3 is 37.0 Å². The van der Waals surface area contributed by atoms with Gasteiger partial charge in [-0.15, -0.1) is 0 Å². The van der Waals surface area contributed by atoms with Gasteiger partial charge in [0, 0.05) is 11.6 Å². The zero-order valence-electron chi connectivity index (χ0n) is 17.3. The topological polar surface area (TPSA) is 63.4 Å². The minimum absolute atomic E-state index is 0. The van der Waals surface area contributed by atoms with E-state index in [0.717, 1.165) is 32.9 Å². The number of rotatable bonds is 8. The molecule has 0 amide bonds. The molecule has 2 unspecified atom stereocenters. The third kappa shape index (κ3) is 5.99. The standard InChI is InChI=1S/C25H27NO4.ClH/c27-12-11-26-15-23-22(24(28)16-26)13-21(29-17-19-7-3-1-4-8-19)14-25(23)30-18-20-9-5-2-6-10-20;/h1-10,13-14,24,27-28H,11-12,15-18H2;1H. The molecule has 0 saturated carbocycles. The van der Waals surface area contributed by atoms with Crippen molar-refractivity contribution in [2.75, 3.05) is 19.7 Å². The number of aliphatic hydroxyl groups is 2. The molecule has 3 aromatic carbocycles. The fraction of sp³-hybridized carbons (Fsp3) is 0.280. The first-order valence-electron chi connectivity index (χ1n) is 10.4. The second-order valence-electron chi connectivity index (χ2n) is 7.66. The number of benzene rings is 3. The van der Waals surface area contributed by atoms with Gasteiger partial charge in [0.25, 0.3) is 0 Å².